The number of aromatic nitrogens is 2. The summed E-state index contributed by atoms with van der Waals surface area (Å²) in [7, 11) is 0. The van der Waals surface area contributed by atoms with Crippen LogP contribution >= 0.6 is 0 Å². The van der Waals surface area contributed by atoms with Crippen molar-refractivity contribution in [3.05, 3.63) is 61.7 Å². The first-order valence-corrected chi connectivity index (χ1v) is 14.0. The van der Waals surface area contributed by atoms with Crippen molar-refractivity contribution in [2.24, 2.45) is 0 Å². The number of pyridine rings is 2. The van der Waals surface area contributed by atoms with Gasteiger partial charge in [0, 0.05) is 36.4 Å². The van der Waals surface area contributed by atoms with Crippen LogP contribution in [0.4, 0.5) is 4.39 Å². The van der Waals surface area contributed by atoms with Gasteiger partial charge in [0.2, 0.25) is 11.8 Å². The Morgan fingerprint density at radius 2 is 1.95 bits per heavy atom. The topological polar surface area (TPSA) is 140 Å². The van der Waals surface area contributed by atoms with Crippen LogP contribution in [-0.2, 0) is 38.7 Å². The molecule has 0 saturated carbocycles. The normalized spacial score (nSPS) is 18.4. The van der Waals surface area contributed by atoms with E-state index in [2.05, 4.69) is 10.6 Å². The molecule has 3 aromatic rings. The van der Waals surface area contributed by atoms with Gasteiger partial charge in [0.25, 0.3) is 5.56 Å². The van der Waals surface area contributed by atoms with Crippen molar-refractivity contribution >= 4 is 28.7 Å². The molecule has 11 heteroatoms. The largest absolute Gasteiger partial charge is 0.460 e. The molecule has 0 fully saturated rings. The van der Waals surface area contributed by atoms with Crippen LogP contribution < -0.4 is 16.2 Å². The summed E-state index contributed by atoms with van der Waals surface area (Å²) in [5.41, 5.74) is 5.38. The molecule has 2 atom stereocenters. The quantitative estimate of drug-likeness (QED) is 0.294. The summed E-state index contributed by atoms with van der Waals surface area (Å²) in [5, 5.41) is 15.3. The van der Waals surface area contributed by atoms with Gasteiger partial charge in [0.1, 0.15) is 12.4 Å². The highest BCUT2D eigenvalue weighted by molar-refractivity contribution is 5.94. The lowest BCUT2D eigenvalue weighted by Crippen LogP contribution is -2.34. The van der Waals surface area contributed by atoms with Gasteiger partial charge >= 0.3 is 5.97 Å². The number of carbonyl (C=O) groups excluding carboxylic acids is 3. The van der Waals surface area contributed by atoms with E-state index in [9.17, 15) is 19.2 Å². The molecule has 6 rings (SSSR count). The lowest BCUT2D eigenvalue weighted by Gasteiger charge is -2.29. The van der Waals surface area contributed by atoms with E-state index in [-0.39, 0.29) is 68.3 Å². The molecule has 0 spiro atoms. The lowest BCUT2D eigenvalue weighted by atomic mass is 9.81. The average Bonchev–Trinajstić information content (AvgIpc) is 3.32. The maximum absolute atomic E-state index is 15.0. The average molecular weight is 563 g/mol. The number of hydrogen-bond donors (Lipinski definition) is 3. The van der Waals surface area contributed by atoms with E-state index in [0.29, 0.717) is 52.9 Å². The summed E-state index contributed by atoms with van der Waals surface area (Å²) < 4.78 is 22.0. The molecule has 0 bridgehead atoms. The predicted molar refractivity (Wildman–Crippen MR) is 147 cm³/mol. The van der Waals surface area contributed by atoms with E-state index in [4.69, 9.17) is 14.8 Å². The third kappa shape index (κ3) is 4.39. The number of amides is 2. The number of fused-ring (bicyclic) bond motifs is 5. The minimum Gasteiger partial charge on any atom is -0.460 e. The Kier molecular flexibility index (Phi) is 6.85. The molecule has 2 amide bonds. The zero-order valence-corrected chi connectivity index (χ0v) is 22.9. The summed E-state index contributed by atoms with van der Waals surface area (Å²) in [5.74, 6) is -1.91. The fourth-order valence-corrected chi connectivity index (χ4v) is 6.50. The number of carbonyl (C=O) groups is 3. The third-order valence-electron chi connectivity index (χ3n) is 8.55. The first-order chi connectivity index (χ1) is 19.7. The molecule has 2 unspecified atom stereocenters. The van der Waals surface area contributed by atoms with E-state index in [1.807, 2.05) is 13.0 Å². The second kappa shape index (κ2) is 10.4. The van der Waals surface area contributed by atoms with Crippen LogP contribution in [0, 0.1) is 12.7 Å². The van der Waals surface area contributed by atoms with Crippen molar-refractivity contribution in [2.45, 2.75) is 71.1 Å². The Balaban J connectivity index is 1.45. The predicted octanol–water partition coefficient (Wildman–Crippen LogP) is 2.42. The number of aliphatic hydroxyl groups excluding tert-OH is 1. The molecule has 0 radical (unpaired) electrons. The maximum Gasteiger partial charge on any atom is 0.313 e. The van der Waals surface area contributed by atoms with Crippen LogP contribution in [0.15, 0.2) is 16.9 Å². The van der Waals surface area contributed by atoms with Crippen LogP contribution in [0.3, 0.4) is 0 Å². The molecule has 1 aromatic carbocycles. The lowest BCUT2D eigenvalue weighted by molar-refractivity contribution is -0.148. The number of nitrogens with zero attached hydrogens (tertiary/aromatic N) is 2. The Morgan fingerprint density at radius 3 is 2.71 bits per heavy atom. The standard InChI is InChI=1S/C30H31FN4O6/c1-3-15-17-10-23-28-18(12-35(23)29(39)19(17)13-41-30(15)40)27-21(33-25(38)7-6-24(37)32-8-9-36)5-4-16-14(2)20(31)11-22(34-28)26(16)27/h10-11,15,21,36H,3-9,12-13H2,1-2H3,(H,32,37)(H,33,38). The zero-order chi connectivity index (χ0) is 29.0. The molecule has 214 valence electrons. The molecule has 3 N–H and O–H groups in total. The first-order valence-electron chi connectivity index (χ1n) is 14.0. The first kappa shape index (κ1) is 27.1. The minimum atomic E-state index is -0.548. The molecule has 1 aliphatic carbocycles. The van der Waals surface area contributed by atoms with Gasteiger partial charge in [0.05, 0.1) is 47.6 Å². The van der Waals surface area contributed by atoms with E-state index in [1.165, 1.54) is 6.07 Å². The van der Waals surface area contributed by atoms with Gasteiger partial charge in [-0.15, -0.1) is 0 Å². The highest BCUT2D eigenvalue weighted by Gasteiger charge is 2.37. The fourth-order valence-electron chi connectivity index (χ4n) is 6.50. The van der Waals surface area contributed by atoms with Crippen LogP contribution in [0.5, 0.6) is 0 Å². The molecule has 41 heavy (non-hydrogen) atoms. The summed E-state index contributed by atoms with van der Waals surface area (Å²) in [6.07, 6.45) is 1.49. The number of cyclic esters (lactones) is 1. The molecule has 10 nitrogen and oxygen atoms in total. The Bertz CT molecular complexity index is 1700. The van der Waals surface area contributed by atoms with Crippen LogP contribution in [-0.4, -0.2) is 45.6 Å². The third-order valence-corrected chi connectivity index (χ3v) is 8.55. The summed E-state index contributed by atoms with van der Waals surface area (Å²) in [6.45, 7) is 3.69. The summed E-state index contributed by atoms with van der Waals surface area (Å²) >= 11 is 0. The van der Waals surface area contributed by atoms with Gasteiger partial charge in [-0.2, -0.15) is 0 Å². The number of aliphatic hydroxyl groups is 1. The van der Waals surface area contributed by atoms with Gasteiger partial charge in [-0.1, -0.05) is 6.92 Å². The number of ether oxygens (including phenoxy) is 1. The second-order valence-corrected chi connectivity index (χ2v) is 10.9. The van der Waals surface area contributed by atoms with Gasteiger partial charge in [-0.25, -0.2) is 9.37 Å². The van der Waals surface area contributed by atoms with Crippen LogP contribution in [0.2, 0.25) is 0 Å². The summed E-state index contributed by atoms with van der Waals surface area (Å²) in [6, 6.07) is 2.82. The Hall–Kier alpha value is -4.12. The zero-order valence-electron chi connectivity index (χ0n) is 22.9. The number of esters is 1. The van der Waals surface area contributed by atoms with Crippen molar-refractivity contribution in [3.8, 4) is 11.4 Å². The van der Waals surface area contributed by atoms with Crippen molar-refractivity contribution in [3.63, 3.8) is 0 Å². The van der Waals surface area contributed by atoms with Crippen LogP contribution in [0.25, 0.3) is 22.3 Å². The van der Waals surface area contributed by atoms with Crippen molar-refractivity contribution in [1.29, 1.82) is 0 Å². The smallest absolute Gasteiger partial charge is 0.313 e. The molecule has 2 aliphatic heterocycles. The molecular formula is C30H31FN4O6. The number of benzene rings is 1. The number of halogens is 1. The molecule has 4 heterocycles. The highest BCUT2D eigenvalue weighted by atomic mass is 19.1. The summed E-state index contributed by atoms with van der Waals surface area (Å²) in [4.78, 5) is 55.9. The number of nitrogens with one attached hydrogen (secondary N) is 2. The van der Waals surface area contributed by atoms with Gasteiger partial charge in [0.15, 0.2) is 0 Å². The van der Waals surface area contributed by atoms with Crippen molar-refractivity contribution in [2.75, 3.05) is 13.2 Å². The van der Waals surface area contributed by atoms with Crippen molar-refractivity contribution < 1.29 is 28.6 Å². The molecular weight excluding hydrogens is 531 g/mol. The molecule has 2 aromatic heterocycles. The highest BCUT2D eigenvalue weighted by Crippen LogP contribution is 2.45. The minimum absolute atomic E-state index is 0.0188. The maximum atomic E-state index is 15.0. The van der Waals surface area contributed by atoms with Gasteiger partial charge in [-0.3, -0.25) is 19.2 Å². The van der Waals surface area contributed by atoms with E-state index in [0.717, 1.165) is 22.1 Å². The molecule has 3 aliphatic rings. The Morgan fingerprint density at radius 1 is 1.17 bits per heavy atom. The van der Waals surface area contributed by atoms with Gasteiger partial charge < -0.3 is 25.0 Å². The fraction of sp³-hybridized carbons (Fsp3) is 0.433. The SMILES string of the molecule is CCC1C(=O)OCc2c1cc1n(c2=O)Cc2c-1nc1cc(F)c(C)c3c1c2C(NC(=O)CCC(=O)NCCO)CC3. The van der Waals surface area contributed by atoms with Crippen molar-refractivity contribution in [1.82, 2.24) is 20.2 Å². The Labute approximate surface area is 234 Å². The second-order valence-electron chi connectivity index (χ2n) is 10.9. The number of aryl methyl sites for hydroxylation is 1. The number of hydrogen-bond acceptors (Lipinski definition) is 7. The monoisotopic (exact) mass is 562 g/mol. The number of rotatable bonds is 7. The van der Waals surface area contributed by atoms with E-state index in [1.54, 1.807) is 11.5 Å². The van der Waals surface area contributed by atoms with Gasteiger partial charge in [-0.05, 0) is 54.5 Å². The van der Waals surface area contributed by atoms with E-state index < -0.39 is 12.0 Å². The molecule has 0 saturated heterocycles. The van der Waals surface area contributed by atoms with Crippen LogP contribution in [0.1, 0.15) is 77.9 Å². The van der Waals surface area contributed by atoms with E-state index >= 15 is 4.39 Å².